The maximum Gasteiger partial charge on any atom is 0.322 e. The van der Waals surface area contributed by atoms with Gasteiger partial charge in [0.15, 0.2) is 18.0 Å². The molecule has 0 amide bonds. The van der Waals surface area contributed by atoms with Crippen LogP contribution in [0.4, 0.5) is 0 Å². The number of hydrogen-bond acceptors (Lipinski definition) is 2. The summed E-state index contributed by atoms with van der Waals surface area (Å²) in [7, 11) is -2.29. The zero-order valence-electron chi connectivity index (χ0n) is 6.54. The molecule has 0 fully saturated rings. The highest BCUT2D eigenvalue weighted by Crippen LogP contribution is 2.68. The number of hydrogen-bond donors (Lipinski definition) is 0. The Morgan fingerprint density at radius 3 is 2.31 bits per heavy atom. The quantitative estimate of drug-likeness (QED) is 0.395. The van der Waals surface area contributed by atoms with E-state index in [1.807, 2.05) is 6.92 Å². The van der Waals surface area contributed by atoms with E-state index in [-0.39, 0.29) is 0 Å². The van der Waals surface area contributed by atoms with Crippen molar-refractivity contribution in [3.8, 4) is 0 Å². The van der Waals surface area contributed by atoms with Crippen LogP contribution in [-0.4, -0.2) is 10.1 Å². The molecule has 0 radical (unpaired) electrons. The Morgan fingerprint density at radius 2 is 1.92 bits per heavy atom. The van der Waals surface area contributed by atoms with Crippen LogP contribution in [0.3, 0.4) is 0 Å². The molecule has 2 nitrogen and oxygen atoms in total. The average Bonchev–Trinajstić information content (AvgIpc) is 2.03. The SMILES string of the molecule is CCC[P+](Cl)=NP(Cl)N(Cl)P(Cl)Cl. The highest BCUT2D eigenvalue weighted by atomic mass is 35.9. The molecule has 13 heavy (non-hydrogen) atoms. The third-order valence-corrected chi connectivity index (χ3v) is 10.2. The third kappa shape index (κ3) is 7.29. The van der Waals surface area contributed by atoms with Gasteiger partial charge >= 0.3 is 7.07 Å². The third-order valence-electron chi connectivity index (χ3n) is 0.840. The van der Waals surface area contributed by atoms with Crippen molar-refractivity contribution in [2.45, 2.75) is 13.3 Å². The first-order chi connectivity index (χ1) is 5.99. The summed E-state index contributed by atoms with van der Waals surface area (Å²) in [5.74, 6) is 0. The maximum atomic E-state index is 5.89. The van der Waals surface area contributed by atoms with Gasteiger partial charge in [-0.05, 0) is 34.0 Å². The molecule has 0 aromatic heterocycles. The van der Waals surface area contributed by atoms with Gasteiger partial charge in [-0.2, -0.15) is 0 Å². The van der Waals surface area contributed by atoms with Crippen LogP contribution >= 0.6 is 78.2 Å². The Labute approximate surface area is 106 Å². The van der Waals surface area contributed by atoms with Gasteiger partial charge in [0, 0.05) is 0 Å². The number of rotatable bonds is 5. The lowest BCUT2D eigenvalue weighted by molar-refractivity contribution is 1.10. The van der Waals surface area contributed by atoms with Crippen LogP contribution in [0, 0.1) is 0 Å². The molecule has 10 heteroatoms. The Morgan fingerprint density at radius 1 is 1.38 bits per heavy atom. The second-order valence-electron chi connectivity index (χ2n) is 1.85. The molecule has 0 aliphatic heterocycles. The van der Waals surface area contributed by atoms with Gasteiger partial charge in [0.2, 0.25) is 0 Å². The van der Waals surface area contributed by atoms with Gasteiger partial charge in [-0.25, -0.2) is 0 Å². The van der Waals surface area contributed by atoms with E-state index in [1.165, 1.54) is 0 Å². The van der Waals surface area contributed by atoms with Crippen molar-refractivity contribution in [1.29, 1.82) is 0 Å². The Bertz CT molecular complexity index is 178. The molecule has 0 spiro atoms. The minimum Gasteiger partial charge on any atom is -0.109 e. The van der Waals surface area contributed by atoms with Crippen LogP contribution in [-0.2, 0) is 0 Å². The number of halogens is 5. The molecule has 0 rings (SSSR count). The molecule has 0 saturated carbocycles. The first-order valence-electron chi connectivity index (χ1n) is 3.17. The fourth-order valence-electron chi connectivity index (χ4n) is 0.398. The van der Waals surface area contributed by atoms with E-state index in [4.69, 9.17) is 56.7 Å². The molecule has 0 heterocycles. The second-order valence-corrected chi connectivity index (χ2v) is 11.0. The monoisotopic (exact) mass is 339 g/mol. The van der Waals surface area contributed by atoms with Crippen molar-refractivity contribution < 1.29 is 0 Å². The minimum absolute atomic E-state index is 0.829. The zero-order chi connectivity index (χ0) is 10.4. The van der Waals surface area contributed by atoms with Crippen molar-refractivity contribution in [3.63, 3.8) is 0 Å². The summed E-state index contributed by atoms with van der Waals surface area (Å²) in [6, 6.07) is 0. The van der Waals surface area contributed by atoms with Crippen molar-refractivity contribution in [3.05, 3.63) is 0 Å². The fourth-order valence-corrected chi connectivity index (χ4v) is 7.58. The lowest BCUT2D eigenvalue weighted by atomic mass is 10.6. The van der Waals surface area contributed by atoms with E-state index in [9.17, 15) is 0 Å². The molecule has 0 aromatic rings. The van der Waals surface area contributed by atoms with E-state index in [2.05, 4.69) is 4.52 Å². The van der Waals surface area contributed by atoms with Crippen molar-refractivity contribution >= 4 is 78.2 Å². The standard InChI is InChI=1S/C3H7Cl5N2P3/c1-2-3-11(5)9-13(8)10(4)12(6)7/h2-3H2,1H3/q+1. The van der Waals surface area contributed by atoms with Crippen LogP contribution in [0.1, 0.15) is 13.3 Å². The first kappa shape index (κ1) is 15.4. The van der Waals surface area contributed by atoms with Gasteiger partial charge in [-0.15, -0.1) is 3.96 Å². The summed E-state index contributed by atoms with van der Waals surface area (Å²) in [5, 5.41) is 0. The first-order valence-corrected chi connectivity index (χ1v) is 11.1. The van der Waals surface area contributed by atoms with Crippen LogP contribution in [0.15, 0.2) is 4.52 Å². The van der Waals surface area contributed by atoms with E-state index < -0.39 is 21.4 Å². The van der Waals surface area contributed by atoms with Gasteiger partial charge in [0.1, 0.15) is 6.16 Å². The summed E-state index contributed by atoms with van der Waals surface area (Å²) in [6.45, 7) is 0.583. The Hall–Kier alpha value is 2.37. The molecule has 0 N–H and O–H groups in total. The van der Waals surface area contributed by atoms with E-state index in [0.29, 0.717) is 0 Å². The predicted octanol–water partition coefficient (Wildman–Crippen LogP) is 6.84. The molecule has 0 aliphatic carbocycles. The largest absolute Gasteiger partial charge is 0.322 e. The Balaban J connectivity index is 4.10. The number of nitrogens with zero attached hydrogens (tertiary/aromatic N) is 2. The fraction of sp³-hybridized carbons (Fsp3) is 1.00. The molecule has 78 valence electrons. The summed E-state index contributed by atoms with van der Waals surface area (Å²) in [6.07, 6.45) is 1.80. The van der Waals surface area contributed by atoms with Crippen LogP contribution < -0.4 is 0 Å². The average molecular weight is 341 g/mol. The van der Waals surface area contributed by atoms with Gasteiger partial charge in [0.25, 0.3) is 7.58 Å². The van der Waals surface area contributed by atoms with E-state index in [0.717, 1.165) is 16.5 Å². The molecule has 0 aromatic carbocycles. The second kappa shape index (κ2) is 8.51. The van der Waals surface area contributed by atoms with Crippen molar-refractivity contribution in [1.82, 2.24) is 3.96 Å². The highest BCUT2D eigenvalue weighted by Gasteiger charge is 2.25. The summed E-state index contributed by atoms with van der Waals surface area (Å²) < 4.78 is 5.22. The molecular weight excluding hydrogens is 334 g/mol. The van der Waals surface area contributed by atoms with Crippen LogP contribution in [0.5, 0.6) is 0 Å². The minimum atomic E-state index is -1.44. The van der Waals surface area contributed by atoms with E-state index in [1.54, 1.807) is 0 Å². The molecular formula is C3H7Cl5N2P3+. The molecule has 2 unspecified atom stereocenters. The molecule has 0 saturated heterocycles. The molecule has 0 bridgehead atoms. The summed E-state index contributed by atoms with van der Waals surface area (Å²) >= 11 is 28.5. The molecule has 2 atom stereocenters. The van der Waals surface area contributed by atoms with Crippen LogP contribution in [0.25, 0.3) is 0 Å². The topological polar surface area (TPSA) is 15.6 Å². The normalized spacial score (nSPS) is 15.5. The maximum absolute atomic E-state index is 5.89. The van der Waals surface area contributed by atoms with Crippen LogP contribution in [0.2, 0.25) is 0 Å². The Kier molecular flexibility index (Phi) is 10.1. The lowest BCUT2D eigenvalue weighted by Gasteiger charge is -2.11. The summed E-state index contributed by atoms with van der Waals surface area (Å²) in [5.41, 5.74) is 0. The van der Waals surface area contributed by atoms with Gasteiger partial charge in [0.05, 0.1) is 0 Å². The predicted molar refractivity (Wildman–Crippen MR) is 69.5 cm³/mol. The lowest BCUT2D eigenvalue weighted by Crippen LogP contribution is -1.83. The zero-order valence-corrected chi connectivity index (χ0v) is 13.0. The molecule has 0 aliphatic rings. The summed E-state index contributed by atoms with van der Waals surface area (Å²) in [4.78, 5) is 0. The van der Waals surface area contributed by atoms with Crippen molar-refractivity contribution in [2.75, 3.05) is 6.16 Å². The van der Waals surface area contributed by atoms with Gasteiger partial charge in [-0.3, -0.25) is 0 Å². The van der Waals surface area contributed by atoms with Crippen molar-refractivity contribution in [2.24, 2.45) is 4.52 Å². The highest BCUT2D eigenvalue weighted by molar-refractivity contribution is 8.08. The van der Waals surface area contributed by atoms with Gasteiger partial charge < -0.3 is 0 Å². The van der Waals surface area contributed by atoms with Gasteiger partial charge in [-0.1, -0.05) is 29.4 Å². The van der Waals surface area contributed by atoms with E-state index >= 15 is 0 Å². The smallest absolute Gasteiger partial charge is 0.109 e.